The van der Waals surface area contributed by atoms with E-state index in [0.717, 1.165) is 28.9 Å². The molecule has 0 amide bonds. The highest BCUT2D eigenvalue weighted by atomic mass is 127. The fraction of sp³-hybridized carbons (Fsp3) is 0.632. The third-order valence-electron chi connectivity index (χ3n) is 5.26. The first kappa shape index (κ1) is 18.6. The molecule has 2 fully saturated rings. The van der Waals surface area contributed by atoms with Crippen LogP contribution in [-0.2, 0) is 0 Å². The predicted molar refractivity (Wildman–Crippen MR) is 106 cm³/mol. The maximum atomic E-state index is 9.34. The third kappa shape index (κ3) is 4.64. The summed E-state index contributed by atoms with van der Waals surface area (Å²) in [6.45, 7) is 0. The molecule has 0 aromatic heterocycles. The lowest BCUT2D eigenvalue weighted by molar-refractivity contribution is 0.221. The minimum atomic E-state index is 0.172. The minimum Gasteiger partial charge on any atom is -0.192 e. The first-order chi connectivity index (χ1) is 11.2. The van der Waals surface area contributed by atoms with Gasteiger partial charge < -0.3 is 0 Å². The van der Waals surface area contributed by atoms with Gasteiger partial charge in [-0.2, -0.15) is 10.5 Å². The Morgan fingerprint density at radius 2 is 1.48 bits per heavy atom. The minimum absolute atomic E-state index is 0.172. The summed E-state index contributed by atoms with van der Waals surface area (Å²) in [5.41, 5.74) is 2.29. The Morgan fingerprint density at radius 1 is 0.957 bits per heavy atom. The summed E-state index contributed by atoms with van der Waals surface area (Å²) in [5.74, 6) is 0. The van der Waals surface area contributed by atoms with Gasteiger partial charge >= 0.3 is 0 Å². The Kier molecular flexibility index (Phi) is 7.24. The van der Waals surface area contributed by atoms with E-state index >= 15 is 0 Å². The molecule has 2 nitrogen and oxygen atoms in total. The van der Waals surface area contributed by atoms with Crippen LogP contribution in [0.25, 0.3) is 0 Å². The van der Waals surface area contributed by atoms with Crippen molar-refractivity contribution in [3.8, 4) is 12.1 Å². The van der Waals surface area contributed by atoms with Gasteiger partial charge in [0.1, 0.15) is 17.7 Å². The average molecular weight is 438 g/mol. The quantitative estimate of drug-likeness (QED) is 0.192. The number of allylic oxidation sites excluding steroid dienone is 3. The first-order valence-corrected chi connectivity index (χ1v) is 10.2. The summed E-state index contributed by atoms with van der Waals surface area (Å²) >= 11 is 7.87. The first-order valence-electron chi connectivity index (χ1n) is 8.53. The molecule has 2 rings (SSSR count). The van der Waals surface area contributed by atoms with E-state index in [1.165, 1.54) is 57.8 Å². The number of thiocarbonyl (C=S) groups is 1. The van der Waals surface area contributed by atoms with Crippen molar-refractivity contribution in [2.24, 2.45) is 5.41 Å². The lowest BCUT2D eigenvalue weighted by Crippen LogP contribution is -2.32. The molecule has 0 unspecified atom stereocenters. The van der Waals surface area contributed by atoms with Crippen molar-refractivity contribution in [3.05, 3.63) is 20.8 Å². The highest BCUT2D eigenvalue weighted by molar-refractivity contribution is 14.1. The van der Waals surface area contributed by atoms with E-state index in [1.807, 2.05) is 4.08 Å². The maximum absolute atomic E-state index is 9.34. The summed E-state index contributed by atoms with van der Waals surface area (Å²) in [6.07, 6.45) is 13.3. The van der Waals surface area contributed by atoms with Crippen LogP contribution in [0, 0.1) is 28.1 Å². The van der Waals surface area contributed by atoms with E-state index in [9.17, 15) is 10.5 Å². The Morgan fingerprint density at radius 3 is 1.96 bits per heavy atom. The van der Waals surface area contributed by atoms with Gasteiger partial charge in [-0.1, -0.05) is 79.8 Å². The molecule has 0 aromatic rings. The monoisotopic (exact) mass is 438 g/mol. The maximum Gasteiger partial charge on any atom is 0.133 e. The molecule has 0 aromatic carbocycles. The molecule has 2 aliphatic rings. The second kappa shape index (κ2) is 8.94. The Labute approximate surface area is 158 Å². The zero-order valence-electron chi connectivity index (χ0n) is 13.5. The fourth-order valence-corrected chi connectivity index (χ4v) is 5.46. The third-order valence-corrected chi connectivity index (χ3v) is 6.25. The van der Waals surface area contributed by atoms with Gasteiger partial charge in [0.2, 0.25) is 0 Å². The lowest BCUT2D eigenvalue weighted by atomic mass is 9.64. The second-order valence-electron chi connectivity index (χ2n) is 6.85. The molecule has 0 atom stereocenters. The molecule has 23 heavy (non-hydrogen) atoms. The summed E-state index contributed by atoms with van der Waals surface area (Å²) in [6, 6.07) is 4.19. The number of hydrogen-bond acceptors (Lipinski definition) is 3. The number of hydrogen-bond donors (Lipinski definition) is 0. The van der Waals surface area contributed by atoms with Crippen LogP contribution in [0.15, 0.2) is 20.8 Å². The molecule has 0 radical (unpaired) electrons. The molecule has 2 aliphatic carbocycles. The highest BCUT2D eigenvalue weighted by Crippen LogP contribution is 2.49. The van der Waals surface area contributed by atoms with Crippen molar-refractivity contribution in [1.29, 1.82) is 10.5 Å². The molecule has 1 spiro atoms. The summed E-state index contributed by atoms with van der Waals surface area (Å²) in [7, 11) is 0. The number of nitriles is 2. The zero-order chi connectivity index (χ0) is 16.7. The summed E-state index contributed by atoms with van der Waals surface area (Å²) < 4.78 is 1.96. The smallest absolute Gasteiger partial charge is 0.133 e. The van der Waals surface area contributed by atoms with Crippen molar-refractivity contribution in [3.63, 3.8) is 0 Å². The second-order valence-corrected chi connectivity index (χ2v) is 7.97. The van der Waals surface area contributed by atoms with Crippen LogP contribution in [0.1, 0.15) is 70.6 Å². The Balaban J connectivity index is 2.35. The lowest BCUT2D eigenvalue weighted by Gasteiger charge is -2.40. The van der Waals surface area contributed by atoms with Crippen molar-refractivity contribution in [1.82, 2.24) is 0 Å². The molecule has 122 valence electrons. The summed E-state index contributed by atoms with van der Waals surface area (Å²) in [5, 5.41) is 18.7. The Hall–Kier alpha value is -0.720. The van der Waals surface area contributed by atoms with E-state index < -0.39 is 0 Å². The van der Waals surface area contributed by atoms with Crippen LogP contribution in [0.4, 0.5) is 0 Å². The van der Waals surface area contributed by atoms with E-state index in [-0.39, 0.29) is 11.0 Å². The number of halogens is 1. The largest absolute Gasteiger partial charge is 0.192 e. The van der Waals surface area contributed by atoms with E-state index in [0.29, 0.717) is 0 Å². The predicted octanol–water partition coefficient (Wildman–Crippen LogP) is 6.32. The molecule has 0 bridgehead atoms. The van der Waals surface area contributed by atoms with E-state index in [4.69, 9.17) is 12.2 Å². The van der Waals surface area contributed by atoms with Crippen LogP contribution < -0.4 is 0 Å². The van der Waals surface area contributed by atoms with E-state index in [1.54, 1.807) is 0 Å². The van der Waals surface area contributed by atoms with Gasteiger partial charge in [-0.25, -0.2) is 0 Å². The normalized spacial score (nSPS) is 24.0. The molecule has 0 heterocycles. The van der Waals surface area contributed by atoms with Crippen molar-refractivity contribution in [2.75, 3.05) is 0 Å². The van der Waals surface area contributed by atoms with Gasteiger partial charge in [0, 0.05) is 4.86 Å². The molecule has 0 aliphatic heterocycles. The Bertz CT molecular complexity index is 578. The van der Waals surface area contributed by atoms with Crippen molar-refractivity contribution in [2.45, 2.75) is 70.6 Å². The highest BCUT2D eigenvalue weighted by Gasteiger charge is 2.38. The molecule has 0 saturated heterocycles. The topological polar surface area (TPSA) is 47.6 Å². The standard InChI is InChI=1S/C19H23IN2S/c20-12-17-16(15(13-21)14-22)10-19(11-18(17)23)8-6-4-2-1-3-5-7-9-19/h12H,1-11H2/b17-12-. The van der Waals surface area contributed by atoms with Gasteiger partial charge in [0.05, 0.1) is 0 Å². The van der Waals surface area contributed by atoms with Gasteiger partial charge in [-0.3, -0.25) is 0 Å². The molecular formula is C19H23IN2S. The van der Waals surface area contributed by atoms with Crippen LogP contribution in [-0.4, -0.2) is 4.86 Å². The molecule has 0 N–H and O–H groups in total. The van der Waals surface area contributed by atoms with Gasteiger partial charge in [0.25, 0.3) is 0 Å². The SMILES string of the molecule is N#CC(C#N)=C1CC2(CCCCCCCCC2)CC(=S)/C1=C\I. The number of nitrogens with zero attached hydrogens (tertiary/aromatic N) is 2. The fourth-order valence-electron chi connectivity index (χ4n) is 4.01. The molecule has 4 heteroatoms. The van der Waals surface area contributed by atoms with Crippen molar-refractivity contribution < 1.29 is 0 Å². The van der Waals surface area contributed by atoms with Gasteiger partial charge in [-0.15, -0.1) is 0 Å². The number of rotatable bonds is 0. The van der Waals surface area contributed by atoms with E-state index in [2.05, 4.69) is 34.7 Å². The molecule has 2 saturated carbocycles. The van der Waals surface area contributed by atoms with Crippen LogP contribution in [0.5, 0.6) is 0 Å². The zero-order valence-corrected chi connectivity index (χ0v) is 16.5. The molecular weight excluding hydrogens is 415 g/mol. The van der Waals surface area contributed by atoms with Crippen molar-refractivity contribution >= 4 is 39.7 Å². The summed E-state index contributed by atoms with van der Waals surface area (Å²) in [4.78, 5) is 0.945. The van der Waals surface area contributed by atoms with Crippen LogP contribution >= 0.6 is 34.8 Å². The average Bonchev–Trinajstić information content (AvgIpc) is 2.55. The van der Waals surface area contributed by atoms with Crippen LogP contribution in [0.3, 0.4) is 0 Å². The van der Waals surface area contributed by atoms with Crippen LogP contribution in [0.2, 0.25) is 0 Å². The van der Waals surface area contributed by atoms with Gasteiger partial charge in [-0.05, 0) is 46.3 Å². The van der Waals surface area contributed by atoms with Gasteiger partial charge in [0.15, 0.2) is 0 Å².